The first-order valence-corrected chi connectivity index (χ1v) is 9.11. The summed E-state index contributed by atoms with van der Waals surface area (Å²) in [4.78, 5) is 20.7. The number of benzene rings is 1. The van der Waals surface area contributed by atoms with Crippen LogP contribution in [0.3, 0.4) is 0 Å². The van der Waals surface area contributed by atoms with Crippen LogP contribution in [-0.2, 0) is 11.8 Å². The van der Waals surface area contributed by atoms with Crippen molar-refractivity contribution in [1.29, 1.82) is 0 Å². The van der Waals surface area contributed by atoms with Gasteiger partial charge in [-0.3, -0.25) is 19.4 Å². The molecule has 0 aliphatic carbocycles. The van der Waals surface area contributed by atoms with E-state index in [4.69, 9.17) is 0 Å². The number of amides is 1. The predicted octanol–water partition coefficient (Wildman–Crippen LogP) is 4.20. The molecule has 6 heteroatoms. The molecule has 0 saturated heterocycles. The standard InChI is InChI=1S/C23H19N5O/c1-28-16-20(15-26-28)22-9-11-25-14-19(22)7-8-23(29)27-21-6-2-4-17(12-21)18-5-3-10-24-13-18/h2-16H,1H3,(H,27,29). The largest absolute Gasteiger partial charge is 0.322 e. The van der Waals surface area contributed by atoms with Gasteiger partial charge >= 0.3 is 0 Å². The number of pyridine rings is 2. The van der Waals surface area contributed by atoms with Gasteiger partial charge in [-0.2, -0.15) is 5.10 Å². The maximum absolute atomic E-state index is 12.4. The monoisotopic (exact) mass is 381 g/mol. The summed E-state index contributed by atoms with van der Waals surface area (Å²) in [5, 5.41) is 7.11. The van der Waals surface area contributed by atoms with Gasteiger partial charge < -0.3 is 5.32 Å². The lowest BCUT2D eigenvalue weighted by atomic mass is 10.0. The average molecular weight is 381 g/mol. The van der Waals surface area contributed by atoms with E-state index >= 15 is 0 Å². The highest BCUT2D eigenvalue weighted by atomic mass is 16.1. The van der Waals surface area contributed by atoms with Gasteiger partial charge in [0.05, 0.1) is 6.20 Å². The summed E-state index contributed by atoms with van der Waals surface area (Å²) in [6.45, 7) is 0. The van der Waals surface area contributed by atoms with Crippen molar-refractivity contribution >= 4 is 17.7 Å². The summed E-state index contributed by atoms with van der Waals surface area (Å²) in [6, 6.07) is 13.4. The van der Waals surface area contributed by atoms with Crippen LogP contribution in [0.4, 0.5) is 5.69 Å². The van der Waals surface area contributed by atoms with Crippen LogP contribution < -0.4 is 5.32 Å². The van der Waals surface area contributed by atoms with E-state index in [1.165, 1.54) is 6.08 Å². The van der Waals surface area contributed by atoms with Gasteiger partial charge in [-0.1, -0.05) is 18.2 Å². The number of rotatable bonds is 5. The SMILES string of the molecule is Cn1cc(-c2ccncc2C=CC(=O)Nc2cccc(-c3cccnc3)c2)cn1. The summed E-state index contributed by atoms with van der Waals surface area (Å²) in [6.07, 6.45) is 14.0. The predicted molar refractivity (Wildman–Crippen MR) is 114 cm³/mol. The normalized spacial score (nSPS) is 10.9. The fourth-order valence-electron chi connectivity index (χ4n) is 3.02. The number of nitrogens with zero attached hydrogens (tertiary/aromatic N) is 4. The van der Waals surface area contributed by atoms with Crippen LogP contribution in [0.5, 0.6) is 0 Å². The van der Waals surface area contributed by atoms with E-state index in [-0.39, 0.29) is 5.91 Å². The zero-order valence-electron chi connectivity index (χ0n) is 15.9. The van der Waals surface area contributed by atoms with Gasteiger partial charge in [0.15, 0.2) is 0 Å². The summed E-state index contributed by atoms with van der Waals surface area (Å²) in [7, 11) is 1.87. The minimum Gasteiger partial charge on any atom is -0.322 e. The molecular formula is C23H19N5O. The average Bonchev–Trinajstić information content (AvgIpc) is 3.19. The molecule has 142 valence electrons. The maximum Gasteiger partial charge on any atom is 0.248 e. The zero-order valence-corrected chi connectivity index (χ0v) is 15.9. The van der Waals surface area contributed by atoms with E-state index < -0.39 is 0 Å². The Labute approximate surface area is 168 Å². The van der Waals surface area contributed by atoms with Crippen LogP contribution >= 0.6 is 0 Å². The third-order valence-electron chi connectivity index (χ3n) is 4.41. The van der Waals surface area contributed by atoms with Gasteiger partial charge in [0.25, 0.3) is 0 Å². The molecular weight excluding hydrogens is 362 g/mol. The van der Waals surface area contributed by atoms with Gasteiger partial charge in [0.1, 0.15) is 0 Å². The highest BCUT2D eigenvalue weighted by molar-refractivity contribution is 6.02. The molecule has 3 aromatic heterocycles. The quantitative estimate of drug-likeness (QED) is 0.526. The van der Waals surface area contributed by atoms with Crippen molar-refractivity contribution in [2.45, 2.75) is 0 Å². The fourth-order valence-corrected chi connectivity index (χ4v) is 3.02. The van der Waals surface area contributed by atoms with Crippen molar-refractivity contribution < 1.29 is 4.79 Å². The minimum absolute atomic E-state index is 0.214. The molecule has 3 heterocycles. The van der Waals surface area contributed by atoms with Crippen LogP contribution in [0, 0.1) is 0 Å². The highest BCUT2D eigenvalue weighted by Gasteiger charge is 2.06. The Hall–Kier alpha value is -4.06. The number of aryl methyl sites for hydroxylation is 1. The van der Waals surface area contributed by atoms with Gasteiger partial charge in [0, 0.05) is 66.5 Å². The van der Waals surface area contributed by atoms with Crippen molar-refractivity contribution in [3.63, 3.8) is 0 Å². The summed E-state index contributed by atoms with van der Waals surface area (Å²) >= 11 is 0. The second-order valence-corrected chi connectivity index (χ2v) is 6.51. The Morgan fingerprint density at radius 3 is 2.62 bits per heavy atom. The highest BCUT2D eigenvalue weighted by Crippen LogP contribution is 2.24. The smallest absolute Gasteiger partial charge is 0.248 e. The molecule has 0 bridgehead atoms. The van der Waals surface area contributed by atoms with E-state index in [1.807, 2.05) is 55.7 Å². The van der Waals surface area contributed by atoms with Crippen molar-refractivity contribution in [3.05, 3.63) is 91.3 Å². The van der Waals surface area contributed by atoms with E-state index in [2.05, 4.69) is 20.4 Å². The number of nitrogens with one attached hydrogen (secondary N) is 1. The third-order valence-corrected chi connectivity index (χ3v) is 4.41. The van der Waals surface area contributed by atoms with Crippen molar-refractivity contribution in [1.82, 2.24) is 19.7 Å². The first-order valence-electron chi connectivity index (χ1n) is 9.11. The lowest BCUT2D eigenvalue weighted by molar-refractivity contribution is -0.111. The molecule has 1 amide bonds. The first kappa shape index (κ1) is 18.3. The van der Waals surface area contributed by atoms with Crippen LogP contribution in [-0.4, -0.2) is 25.7 Å². The molecule has 0 fully saturated rings. The van der Waals surface area contributed by atoms with E-state index in [0.717, 1.165) is 33.5 Å². The van der Waals surface area contributed by atoms with Crippen LogP contribution in [0.15, 0.2) is 85.7 Å². The second kappa shape index (κ2) is 8.31. The number of carbonyl (C=O) groups is 1. The summed E-state index contributed by atoms with van der Waals surface area (Å²) in [5.74, 6) is -0.214. The van der Waals surface area contributed by atoms with Gasteiger partial charge in [-0.05, 0) is 41.5 Å². The zero-order chi connectivity index (χ0) is 20.1. The van der Waals surface area contributed by atoms with Gasteiger partial charge in [-0.25, -0.2) is 0 Å². The van der Waals surface area contributed by atoms with Gasteiger partial charge in [-0.15, -0.1) is 0 Å². The molecule has 29 heavy (non-hydrogen) atoms. The van der Waals surface area contributed by atoms with Crippen LogP contribution in [0.25, 0.3) is 28.3 Å². The lowest BCUT2D eigenvalue weighted by Gasteiger charge is -2.06. The molecule has 0 atom stereocenters. The topological polar surface area (TPSA) is 72.7 Å². The maximum atomic E-state index is 12.4. The molecule has 0 aliphatic heterocycles. The Bertz CT molecular complexity index is 1160. The molecule has 0 saturated carbocycles. The van der Waals surface area contributed by atoms with Crippen LogP contribution in [0.2, 0.25) is 0 Å². The lowest BCUT2D eigenvalue weighted by Crippen LogP contribution is -2.07. The number of aromatic nitrogens is 4. The van der Waals surface area contributed by atoms with Crippen molar-refractivity contribution in [2.24, 2.45) is 7.05 Å². The number of hydrogen-bond acceptors (Lipinski definition) is 4. The Morgan fingerprint density at radius 1 is 0.966 bits per heavy atom. The molecule has 4 aromatic rings. The molecule has 1 aromatic carbocycles. The van der Waals surface area contributed by atoms with Crippen molar-refractivity contribution in [2.75, 3.05) is 5.32 Å². The van der Waals surface area contributed by atoms with E-state index in [0.29, 0.717) is 0 Å². The fraction of sp³-hybridized carbons (Fsp3) is 0.0435. The van der Waals surface area contributed by atoms with Crippen LogP contribution in [0.1, 0.15) is 5.56 Å². The minimum atomic E-state index is -0.214. The second-order valence-electron chi connectivity index (χ2n) is 6.51. The van der Waals surface area contributed by atoms with E-state index in [1.54, 1.807) is 41.7 Å². The molecule has 0 aliphatic rings. The molecule has 1 N–H and O–H groups in total. The number of carbonyl (C=O) groups excluding carboxylic acids is 1. The molecule has 0 unspecified atom stereocenters. The Kier molecular flexibility index (Phi) is 5.25. The Balaban J connectivity index is 1.51. The third kappa shape index (κ3) is 4.44. The molecule has 0 radical (unpaired) electrons. The molecule has 4 rings (SSSR count). The first-order chi connectivity index (χ1) is 14.2. The number of hydrogen-bond donors (Lipinski definition) is 1. The van der Waals surface area contributed by atoms with Gasteiger partial charge in [0.2, 0.25) is 5.91 Å². The number of anilines is 1. The molecule has 0 spiro atoms. The van der Waals surface area contributed by atoms with Crippen molar-refractivity contribution in [3.8, 4) is 22.3 Å². The molecule has 6 nitrogen and oxygen atoms in total. The Morgan fingerprint density at radius 2 is 1.83 bits per heavy atom. The van der Waals surface area contributed by atoms with E-state index in [9.17, 15) is 4.79 Å². The summed E-state index contributed by atoms with van der Waals surface area (Å²) in [5.41, 5.74) is 5.50. The summed E-state index contributed by atoms with van der Waals surface area (Å²) < 4.78 is 1.74.